The molecule has 2 amide bonds. The summed E-state index contributed by atoms with van der Waals surface area (Å²) in [4.78, 5) is 33.1. The Kier molecular flexibility index (Phi) is 9.91. The highest BCUT2D eigenvalue weighted by molar-refractivity contribution is 8.15. The summed E-state index contributed by atoms with van der Waals surface area (Å²) in [6.07, 6.45) is 0.616. The second kappa shape index (κ2) is 13.7. The average Bonchev–Trinajstić information content (AvgIpc) is 2.97. The zero-order valence-corrected chi connectivity index (χ0v) is 23.8. The number of hydrogen-bond acceptors (Lipinski definition) is 8. The largest absolute Gasteiger partial charge is 0.497 e. The number of nitrogens with one attached hydrogen (secondary N) is 1. The third-order valence-corrected chi connectivity index (χ3v) is 7.40. The van der Waals surface area contributed by atoms with Crippen molar-refractivity contribution >= 4 is 40.1 Å². The van der Waals surface area contributed by atoms with Gasteiger partial charge in [0.05, 0.1) is 33.6 Å². The number of anilines is 1. The minimum absolute atomic E-state index is 0.0508. The molecule has 1 aliphatic rings. The maximum Gasteiger partial charge on any atom is 0.238 e. The summed E-state index contributed by atoms with van der Waals surface area (Å²) >= 11 is 1.27. The van der Waals surface area contributed by atoms with Crippen LogP contribution in [-0.2, 0) is 16.0 Å². The molecule has 40 heavy (non-hydrogen) atoms. The van der Waals surface area contributed by atoms with Gasteiger partial charge < -0.3 is 24.3 Å². The van der Waals surface area contributed by atoms with Crippen LogP contribution in [-0.4, -0.2) is 61.6 Å². The van der Waals surface area contributed by atoms with Crippen LogP contribution in [0.4, 0.5) is 11.4 Å². The first-order valence-corrected chi connectivity index (χ1v) is 13.8. The second-order valence-corrected chi connectivity index (χ2v) is 10.0. The lowest BCUT2D eigenvalue weighted by atomic mass is 10.1. The highest BCUT2D eigenvalue weighted by Gasteiger charge is 2.36. The van der Waals surface area contributed by atoms with Crippen molar-refractivity contribution in [3.05, 3.63) is 72.3 Å². The molecule has 1 atom stereocenters. The predicted molar refractivity (Wildman–Crippen MR) is 157 cm³/mol. The second-order valence-electron chi connectivity index (χ2n) is 8.84. The summed E-state index contributed by atoms with van der Waals surface area (Å²) in [7, 11) is 4.77. The van der Waals surface area contributed by atoms with E-state index in [-0.39, 0.29) is 18.2 Å². The molecule has 3 aromatic rings. The van der Waals surface area contributed by atoms with Crippen LogP contribution >= 0.6 is 11.8 Å². The van der Waals surface area contributed by atoms with E-state index in [1.54, 1.807) is 50.5 Å². The molecule has 0 aromatic heterocycles. The third kappa shape index (κ3) is 7.26. The lowest BCUT2D eigenvalue weighted by Crippen LogP contribution is -2.46. The number of hydrogen-bond donors (Lipinski definition) is 1. The molecule has 0 spiro atoms. The Bertz CT molecular complexity index is 1360. The number of nitrogens with zero attached hydrogens (tertiary/aromatic N) is 2. The van der Waals surface area contributed by atoms with E-state index in [1.807, 2.05) is 49.4 Å². The van der Waals surface area contributed by atoms with Gasteiger partial charge in [-0.25, -0.2) is 4.99 Å². The number of amides is 2. The zero-order valence-electron chi connectivity index (χ0n) is 23.0. The highest BCUT2D eigenvalue weighted by Crippen LogP contribution is 2.32. The molecule has 0 bridgehead atoms. The first kappa shape index (κ1) is 28.8. The van der Waals surface area contributed by atoms with Crippen LogP contribution in [0, 0.1) is 0 Å². The van der Waals surface area contributed by atoms with Gasteiger partial charge in [-0.3, -0.25) is 14.5 Å². The van der Waals surface area contributed by atoms with Crippen molar-refractivity contribution < 1.29 is 28.5 Å². The fourth-order valence-electron chi connectivity index (χ4n) is 4.16. The lowest BCUT2D eigenvalue weighted by Gasteiger charge is -2.32. The van der Waals surface area contributed by atoms with E-state index < -0.39 is 5.25 Å². The van der Waals surface area contributed by atoms with Crippen molar-refractivity contribution in [2.24, 2.45) is 4.99 Å². The van der Waals surface area contributed by atoms with Crippen LogP contribution in [0.1, 0.15) is 18.9 Å². The Morgan fingerprint density at radius 2 is 1.75 bits per heavy atom. The zero-order chi connectivity index (χ0) is 28.5. The molecular formula is C30H33N3O6S. The number of aliphatic imine (C=N–C) groups is 1. The van der Waals surface area contributed by atoms with E-state index in [0.29, 0.717) is 59.1 Å². The molecule has 1 heterocycles. The highest BCUT2D eigenvalue weighted by atomic mass is 32.2. The van der Waals surface area contributed by atoms with Gasteiger partial charge in [0.1, 0.15) is 16.7 Å². The van der Waals surface area contributed by atoms with Crippen LogP contribution in [0.3, 0.4) is 0 Å². The molecule has 1 unspecified atom stereocenters. The van der Waals surface area contributed by atoms with Crippen LogP contribution < -0.4 is 24.3 Å². The maximum absolute atomic E-state index is 13.4. The van der Waals surface area contributed by atoms with Crippen LogP contribution in [0.5, 0.6) is 23.0 Å². The van der Waals surface area contributed by atoms with Crippen LogP contribution in [0.15, 0.2) is 71.7 Å². The number of amidine groups is 1. The maximum atomic E-state index is 13.4. The van der Waals surface area contributed by atoms with E-state index in [9.17, 15) is 9.59 Å². The first-order chi connectivity index (χ1) is 19.4. The van der Waals surface area contributed by atoms with E-state index in [0.717, 1.165) is 5.56 Å². The van der Waals surface area contributed by atoms with Crippen LogP contribution in [0.25, 0.3) is 0 Å². The summed E-state index contributed by atoms with van der Waals surface area (Å²) in [5, 5.41) is 2.74. The molecule has 10 heteroatoms. The van der Waals surface area contributed by atoms with Gasteiger partial charge in [0.2, 0.25) is 11.8 Å². The summed E-state index contributed by atoms with van der Waals surface area (Å²) in [6.45, 7) is 2.81. The Morgan fingerprint density at radius 1 is 0.975 bits per heavy atom. The summed E-state index contributed by atoms with van der Waals surface area (Å²) < 4.78 is 21.5. The topological polar surface area (TPSA) is 98.7 Å². The molecule has 0 saturated carbocycles. The molecular weight excluding hydrogens is 530 g/mol. The standard InChI is InChI=1S/C30H33N3O6S/c1-5-39-24-8-6-7-22(18-24)31-29(35)27-19-28(34)33(16-15-20-9-14-25(37-3)26(17-20)38-4)30(40-27)32-21-10-12-23(36-2)13-11-21/h6-14,17-18,27H,5,15-16,19H2,1-4H3,(H,31,35). The fourth-order valence-corrected chi connectivity index (χ4v) is 5.28. The fraction of sp³-hybridized carbons (Fsp3) is 0.300. The SMILES string of the molecule is CCOc1cccc(NC(=O)C2CC(=O)N(CCc3ccc(OC)c(OC)c3)C(=Nc3ccc(OC)cc3)S2)c1. The van der Waals surface area contributed by atoms with Crippen molar-refractivity contribution in [3.8, 4) is 23.0 Å². The summed E-state index contributed by atoms with van der Waals surface area (Å²) in [6, 6.07) is 20.1. The van der Waals surface area contributed by atoms with E-state index in [1.165, 1.54) is 11.8 Å². The average molecular weight is 564 g/mol. The van der Waals surface area contributed by atoms with Gasteiger partial charge in [0.25, 0.3) is 0 Å². The Labute approximate surface area is 238 Å². The van der Waals surface area contributed by atoms with E-state index in [4.69, 9.17) is 23.9 Å². The Balaban J connectivity index is 1.55. The monoisotopic (exact) mass is 563 g/mol. The molecule has 1 fully saturated rings. The quantitative estimate of drug-likeness (QED) is 0.337. The molecule has 0 radical (unpaired) electrons. The van der Waals surface area contributed by atoms with Gasteiger partial charge in [-0.2, -0.15) is 0 Å². The molecule has 1 saturated heterocycles. The number of methoxy groups -OCH3 is 3. The first-order valence-electron chi connectivity index (χ1n) is 12.9. The Hall–Kier alpha value is -4.18. The number of benzene rings is 3. The van der Waals surface area contributed by atoms with Gasteiger partial charge in [0.15, 0.2) is 16.7 Å². The number of carbonyl (C=O) groups is 2. The van der Waals surface area contributed by atoms with Crippen molar-refractivity contribution in [2.75, 3.05) is 39.8 Å². The van der Waals surface area contributed by atoms with Crippen molar-refractivity contribution in [1.29, 1.82) is 0 Å². The third-order valence-electron chi connectivity index (χ3n) is 6.21. The molecule has 9 nitrogen and oxygen atoms in total. The molecule has 210 valence electrons. The van der Waals surface area contributed by atoms with Crippen molar-refractivity contribution in [2.45, 2.75) is 25.0 Å². The molecule has 4 rings (SSSR count). The molecule has 3 aromatic carbocycles. The number of ether oxygens (including phenoxy) is 4. The van der Waals surface area contributed by atoms with Gasteiger partial charge in [-0.1, -0.05) is 23.9 Å². The summed E-state index contributed by atoms with van der Waals surface area (Å²) in [5.74, 6) is 2.18. The van der Waals surface area contributed by atoms with Gasteiger partial charge in [-0.05, 0) is 67.4 Å². The smallest absolute Gasteiger partial charge is 0.238 e. The van der Waals surface area contributed by atoms with Gasteiger partial charge >= 0.3 is 0 Å². The minimum Gasteiger partial charge on any atom is -0.497 e. The lowest BCUT2D eigenvalue weighted by molar-refractivity contribution is -0.129. The van der Waals surface area contributed by atoms with E-state index in [2.05, 4.69) is 5.32 Å². The van der Waals surface area contributed by atoms with Crippen molar-refractivity contribution in [3.63, 3.8) is 0 Å². The van der Waals surface area contributed by atoms with Crippen molar-refractivity contribution in [1.82, 2.24) is 4.90 Å². The number of rotatable bonds is 11. The minimum atomic E-state index is -0.641. The number of thioether (sulfide) groups is 1. The Morgan fingerprint density at radius 3 is 2.45 bits per heavy atom. The number of carbonyl (C=O) groups excluding carboxylic acids is 2. The normalized spacial score (nSPS) is 16.0. The predicted octanol–water partition coefficient (Wildman–Crippen LogP) is 5.31. The van der Waals surface area contributed by atoms with Gasteiger partial charge in [0, 0.05) is 24.7 Å². The molecule has 0 aliphatic carbocycles. The van der Waals surface area contributed by atoms with Crippen LogP contribution in [0.2, 0.25) is 0 Å². The molecule has 1 N–H and O–H groups in total. The summed E-state index contributed by atoms with van der Waals surface area (Å²) in [5.41, 5.74) is 2.24. The van der Waals surface area contributed by atoms with Gasteiger partial charge in [-0.15, -0.1) is 0 Å². The van der Waals surface area contributed by atoms with E-state index >= 15 is 0 Å². The molecule has 1 aliphatic heterocycles.